The maximum Gasteiger partial charge on any atom is 0.248 e. The van der Waals surface area contributed by atoms with Gasteiger partial charge in [-0.2, -0.15) is 0 Å². The third kappa shape index (κ3) is 7.56. The molecular weight excluding hydrogens is 683 g/mol. The Hall–Kier alpha value is -6.52. The number of anilines is 3. The van der Waals surface area contributed by atoms with E-state index < -0.39 is 0 Å². The summed E-state index contributed by atoms with van der Waals surface area (Å²) in [7, 11) is 0. The Morgan fingerprint density at radius 3 is 1.16 bits per heavy atom. The minimum Gasteiger partial charge on any atom is -0.416 e. The van der Waals surface area contributed by atoms with Gasteiger partial charge < -0.3 is 9.32 Å². The van der Waals surface area contributed by atoms with E-state index in [2.05, 4.69) is 188 Å². The van der Waals surface area contributed by atoms with Crippen LogP contribution in [0.25, 0.3) is 56.3 Å². The minimum atomic E-state index is 0.502. The predicted molar refractivity (Wildman–Crippen MR) is 234 cm³/mol. The van der Waals surface area contributed by atoms with Gasteiger partial charge in [0.25, 0.3) is 0 Å². The largest absolute Gasteiger partial charge is 0.416 e. The minimum absolute atomic E-state index is 0.502. The molecule has 2 atom stereocenters. The maximum atomic E-state index is 6.04. The van der Waals surface area contributed by atoms with Gasteiger partial charge in [-0.3, -0.25) is 0 Å². The number of nitrogens with zero attached hydrogens (tertiary/aromatic N) is 3. The van der Waals surface area contributed by atoms with Crippen LogP contribution in [0.15, 0.2) is 180 Å². The van der Waals surface area contributed by atoms with Gasteiger partial charge in [-0.25, -0.2) is 0 Å². The first-order valence-electron chi connectivity index (χ1n) is 19.8. The summed E-state index contributed by atoms with van der Waals surface area (Å²) < 4.78 is 6.04. The zero-order valence-corrected chi connectivity index (χ0v) is 32.6. The Morgan fingerprint density at radius 2 is 0.732 bits per heavy atom. The molecule has 8 rings (SSSR count). The summed E-state index contributed by atoms with van der Waals surface area (Å²) in [6, 6.07) is 62.8. The topological polar surface area (TPSA) is 42.2 Å². The molecule has 2 unspecified atom stereocenters. The number of hydrogen-bond acceptors (Lipinski definition) is 4. The summed E-state index contributed by atoms with van der Waals surface area (Å²) in [5.41, 5.74) is 14.9. The van der Waals surface area contributed by atoms with Crippen LogP contribution in [0.5, 0.6) is 0 Å². The normalized spacial score (nSPS) is 12.3. The lowest BCUT2D eigenvalue weighted by Crippen LogP contribution is -2.10. The van der Waals surface area contributed by atoms with Gasteiger partial charge in [0.05, 0.1) is 0 Å². The monoisotopic (exact) mass is 729 g/mol. The fraction of sp³-hybridized carbons (Fsp3) is 0.154. The van der Waals surface area contributed by atoms with Gasteiger partial charge in [0, 0.05) is 28.2 Å². The summed E-state index contributed by atoms with van der Waals surface area (Å²) in [4.78, 5) is 2.37. The van der Waals surface area contributed by atoms with Gasteiger partial charge >= 0.3 is 0 Å². The highest BCUT2D eigenvalue weighted by Crippen LogP contribution is 2.41. The van der Waals surface area contributed by atoms with E-state index in [0.29, 0.717) is 23.6 Å². The zero-order valence-electron chi connectivity index (χ0n) is 32.6. The molecule has 276 valence electrons. The standard InChI is InChI=1S/C52H47N3O/c1-5-36(3)38-24-30-44(31-25-38)55(45-32-26-39(27-33-45)37(4)6-2)46-34-28-41(29-35-46)48-17-11-13-19-50(48)49-18-12-10-16-47(49)40-20-22-43(23-21-40)52-54-53-51(56-52)42-14-8-7-9-15-42/h7-37H,5-6H2,1-4H3. The van der Waals surface area contributed by atoms with Crippen molar-refractivity contribution in [3.05, 3.63) is 187 Å². The molecule has 0 aliphatic heterocycles. The average molecular weight is 730 g/mol. The lowest BCUT2D eigenvalue weighted by molar-refractivity contribution is 0.584. The summed E-state index contributed by atoms with van der Waals surface area (Å²) in [5.74, 6) is 2.07. The first-order chi connectivity index (χ1) is 27.5. The molecule has 0 saturated carbocycles. The van der Waals surface area contributed by atoms with Crippen molar-refractivity contribution in [2.24, 2.45) is 0 Å². The lowest BCUT2D eigenvalue weighted by atomic mass is 9.89. The number of rotatable bonds is 12. The highest BCUT2D eigenvalue weighted by Gasteiger charge is 2.17. The molecule has 4 nitrogen and oxygen atoms in total. The smallest absolute Gasteiger partial charge is 0.248 e. The van der Waals surface area contributed by atoms with Crippen LogP contribution in [0.3, 0.4) is 0 Å². The second-order valence-electron chi connectivity index (χ2n) is 14.6. The third-order valence-electron chi connectivity index (χ3n) is 11.1. The second kappa shape index (κ2) is 16.5. The van der Waals surface area contributed by atoms with Crippen LogP contribution in [-0.4, -0.2) is 10.2 Å². The molecule has 0 amide bonds. The van der Waals surface area contributed by atoms with Gasteiger partial charge in [-0.05, 0) is 130 Å². The number of aromatic nitrogens is 2. The van der Waals surface area contributed by atoms with E-state index in [-0.39, 0.29) is 0 Å². The van der Waals surface area contributed by atoms with E-state index in [0.717, 1.165) is 52.2 Å². The molecule has 0 radical (unpaired) electrons. The molecule has 1 heterocycles. The average Bonchev–Trinajstić information content (AvgIpc) is 3.78. The number of benzene rings is 7. The molecule has 0 N–H and O–H groups in total. The van der Waals surface area contributed by atoms with Crippen LogP contribution in [-0.2, 0) is 0 Å². The second-order valence-corrected chi connectivity index (χ2v) is 14.6. The van der Waals surface area contributed by atoms with Crippen molar-refractivity contribution in [2.75, 3.05) is 4.90 Å². The van der Waals surface area contributed by atoms with Crippen LogP contribution < -0.4 is 4.90 Å². The van der Waals surface area contributed by atoms with Crippen molar-refractivity contribution in [1.82, 2.24) is 10.2 Å². The SMILES string of the molecule is CCC(C)c1ccc(N(c2ccc(-c3ccccc3-c3ccccc3-c3ccc(-c4nnc(-c5ccccc5)o4)cc3)cc2)c2ccc(C(C)CC)cc2)cc1. The van der Waals surface area contributed by atoms with Crippen LogP contribution in [0.2, 0.25) is 0 Å². The van der Waals surface area contributed by atoms with Gasteiger partial charge in [0.15, 0.2) is 0 Å². The van der Waals surface area contributed by atoms with Gasteiger partial charge in [0.2, 0.25) is 11.8 Å². The first-order valence-corrected chi connectivity index (χ1v) is 19.8. The van der Waals surface area contributed by atoms with E-state index in [1.54, 1.807) is 0 Å². The van der Waals surface area contributed by atoms with E-state index >= 15 is 0 Å². The van der Waals surface area contributed by atoms with Gasteiger partial charge in [-0.1, -0.05) is 143 Å². The van der Waals surface area contributed by atoms with Crippen LogP contribution in [0, 0.1) is 0 Å². The molecule has 8 aromatic rings. The Labute approximate surface area is 331 Å². The Kier molecular flexibility index (Phi) is 10.7. The van der Waals surface area contributed by atoms with Crippen molar-refractivity contribution >= 4 is 17.1 Å². The van der Waals surface area contributed by atoms with Crippen LogP contribution >= 0.6 is 0 Å². The molecule has 7 aromatic carbocycles. The number of hydrogen-bond donors (Lipinski definition) is 0. The zero-order chi connectivity index (χ0) is 38.4. The Morgan fingerprint density at radius 1 is 0.393 bits per heavy atom. The molecule has 56 heavy (non-hydrogen) atoms. The summed E-state index contributed by atoms with van der Waals surface area (Å²) >= 11 is 0. The van der Waals surface area contributed by atoms with Gasteiger partial charge in [-0.15, -0.1) is 10.2 Å². The van der Waals surface area contributed by atoms with E-state index in [1.807, 2.05) is 30.3 Å². The summed E-state index contributed by atoms with van der Waals surface area (Å²) in [6.45, 7) is 9.09. The van der Waals surface area contributed by atoms with Crippen molar-refractivity contribution in [3.8, 4) is 56.3 Å². The van der Waals surface area contributed by atoms with Crippen LogP contribution in [0.4, 0.5) is 17.1 Å². The van der Waals surface area contributed by atoms with Crippen molar-refractivity contribution in [1.29, 1.82) is 0 Å². The fourth-order valence-electron chi connectivity index (χ4n) is 7.38. The summed E-state index contributed by atoms with van der Waals surface area (Å²) in [6.07, 6.45) is 2.25. The van der Waals surface area contributed by atoms with E-state index in [1.165, 1.54) is 33.4 Å². The molecule has 0 fully saturated rings. The van der Waals surface area contributed by atoms with Crippen molar-refractivity contribution in [2.45, 2.75) is 52.4 Å². The molecule has 0 saturated heterocycles. The lowest BCUT2D eigenvalue weighted by Gasteiger charge is -2.27. The van der Waals surface area contributed by atoms with Crippen molar-refractivity contribution < 1.29 is 4.42 Å². The molecule has 4 heteroatoms. The third-order valence-corrected chi connectivity index (χ3v) is 11.1. The van der Waals surface area contributed by atoms with Crippen LogP contribution in [0.1, 0.15) is 63.5 Å². The Bertz CT molecular complexity index is 2450. The van der Waals surface area contributed by atoms with E-state index in [4.69, 9.17) is 4.42 Å². The molecule has 0 bridgehead atoms. The predicted octanol–water partition coefficient (Wildman–Crippen LogP) is 14.9. The molecular formula is C52H47N3O. The highest BCUT2D eigenvalue weighted by molar-refractivity contribution is 5.92. The van der Waals surface area contributed by atoms with Gasteiger partial charge in [0.1, 0.15) is 0 Å². The maximum absolute atomic E-state index is 6.04. The molecule has 0 spiro atoms. The first kappa shape index (κ1) is 36.5. The fourth-order valence-corrected chi connectivity index (χ4v) is 7.38. The molecule has 0 aliphatic carbocycles. The quantitative estimate of drug-likeness (QED) is 0.126. The molecule has 0 aliphatic rings. The van der Waals surface area contributed by atoms with E-state index in [9.17, 15) is 0 Å². The van der Waals surface area contributed by atoms with Crippen molar-refractivity contribution in [3.63, 3.8) is 0 Å². The molecule has 1 aromatic heterocycles. The Balaban J connectivity index is 1.11. The highest BCUT2D eigenvalue weighted by atomic mass is 16.4. The summed E-state index contributed by atoms with van der Waals surface area (Å²) in [5, 5.41) is 8.62.